The Morgan fingerprint density at radius 1 is 1.25 bits per heavy atom. The largest absolute Gasteiger partial charge is 0.308 e. The molecule has 0 bridgehead atoms. The van der Waals surface area contributed by atoms with Crippen LogP contribution in [0.2, 0.25) is 0 Å². The van der Waals surface area contributed by atoms with Crippen LogP contribution >= 0.6 is 0 Å². The van der Waals surface area contributed by atoms with Crippen molar-refractivity contribution in [2.24, 2.45) is 7.05 Å². The molecule has 0 aromatic carbocycles. The van der Waals surface area contributed by atoms with Gasteiger partial charge in [-0.2, -0.15) is 0 Å². The molecule has 28 heavy (non-hydrogen) atoms. The Morgan fingerprint density at radius 3 is 2.71 bits per heavy atom. The first kappa shape index (κ1) is 18.4. The Hall–Kier alpha value is -2.94. The number of fused-ring (bicyclic) bond motifs is 1. The maximum Gasteiger partial charge on any atom is 0.263 e. The number of carbonyl (C=O) groups excluding carboxylic acids is 1. The Labute approximate surface area is 161 Å². The van der Waals surface area contributed by atoms with Gasteiger partial charge in [-0.3, -0.25) is 14.5 Å². The first-order valence-electron chi connectivity index (χ1n) is 9.32. The van der Waals surface area contributed by atoms with Crippen molar-refractivity contribution in [3.05, 3.63) is 30.7 Å². The second-order valence-electron chi connectivity index (χ2n) is 7.12. The quantitative estimate of drug-likeness (QED) is 0.743. The maximum atomic E-state index is 15.1. The molecule has 1 aliphatic rings. The number of aryl methyl sites for hydroxylation is 1. The average molecular weight is 383 g/mol. The van der Waals surface area contributed by atoms with Crippen LogP contribution in [-0.4, -0.2) is 61.1 Å². The third-order valence-corrected chi connectivity index (χ3v) is 5.21. The van der Waals surface area contributed by atoms with Crippen LogP contribution in [0.25, 0.3) is 22.2 Å². The fraction of sp³-hybridized carbons (Fsp3) is 0.421. The average Bonchev–Trinajstić information content (AvgIpc) is 3.14. The van der Waals surface area contributed by atoms with Gasteiger partial charge >= 0.3 is 0 Å². The predicted molar refractivity (Wildman–Crippen MR) is 103 cm³/mol. The van der Waals surface area contributed by atoms with Gasteiger partial charge in [-0.1, -0.05) is 12.1 Å². The number of aromatic nitrogens is 5. The summed E-state index contributed by atoms with van der Waals surface area (Å²) in [7, 11) is 1.79. The van der Waals surface area contributed by atoms with Crippen LogP contribution in [0.3, 0.4) is 0 Å². The van der Waals surface area contributed by atoms with Crippen molar-refractivity contribution in [3.63, 3.8) is 0 Å². The number of hydrogen-bond acceptors (Lipinski definition) is 6. The van der Waals surface area contributed by atoms with Crippen LogP contribution in [0.5, 0.6) is 0 Å². The van der Waals surface area contributed by atoms with Crippen LogP contribution in [-0.2, 0) is 11.8 Å². The smallest absolute Gasteiger partial charge is 0.263 e. The van der Waals surface area contributed by atoms with Crippen molar-refractivity contribution in [1.29, 1.82) is 0 Å². The highest BCUT2D eigenvalue weighted by molar-refractivity contribution is 5.98. The van der Waals surface area contributed by atoms with Crippen molar-refractivity contribution in [2.45, 2.75) is 25.4 Å². The molecule has 3 aromatic heterocycles. The molecule has 0 spiro atoms. The van der Waals surface area contributed by atoms with Crippen molar-refractivity contribution in [1.82, 2.24) is 29.9 Å². The molecule has 4 heterocycles. The normalized spacial score (nSPS) is 17.0. The van der Waals surface area contributed by atoms with E-state index in [1.165, 1.54) is 0 Å². The standard InChI is InChI=1S/C19H22FN7O/c1-3-27-6-4-19(20,5-7-27)18(28)23-17-9-13-8-14(10-21-15(13)11-22-17)16-12-26(2)25-24-16/h8-12H,3-7H2,1-2H3,(H,22,23,28). The van der Waals surface area contributed by atoms with Crippen LogP contribution in [0.15, 0.2) is 30.7 Å². The first-order valence-corrected chi connectivity index (χ1v) is 9.32. The molecule has 1 amide bonds. The van der Waals surface area contributed by atoms with E-state index in [4.69, 9.17) is 0 Å². The number of amides is 1. The summed E-state index contributed by atoms with van der Waals surface area (Å²) in [4.78, 5) is 23.3. The van der Waals surface area contributed by atoms with E-state index < -0.39 is 11.6 Å². The fourth-order valence-corrected chi connectivity index (χ4v) is 3.40. The Bertz CT molecular complexity index is 1010. The minimum Gasteiger partial charge on any atom is -0.308 e. The molecule has 0 aliphatic carbocycles. The number of anilines is 1. The summed E-state index contributed by atoms with van der Waals surface area (Å²) < 4.78 is 16.7. The van der Waals surface area contributed by atoms with Crippen molar-refractivity contribution in [2.75, 3.05) is 25.0 Å². The number of nitrogens with one attached hydrogen (secondary N) is 1. The molecule has 1 fully saturated rings. The van der Waals surface area contributed by atoms with Gasteiger partial charge < -0.3 is 10.2 Å². The summed E-state index contributed by atoms with van der Waals surface area (Å²) in [6.45, 7) is 4.06. The highest BCUT2D eigenvalue weighted by Gasteiger charge is 2.41. The van der Waals surface area contributed by atoms with Gasteiger partial charge in [-0.15, -0.1) is 5.10 Å². The lowest BCUT2D eigenvalue weighted by Gasteiger charge is -2.34. The molecule has 1 N–H and O–H groups in total. The van der Waals surface area contributed by atoms with Gasteiger partial charge in [0.15, 0.2) is 5.67 Å². The summed E-state index contributed by atoms with van der Waals surface area (Å²) in [5.41, 5.74) is 0.321. The molecule has 146 valence electrons. The number of nitrogens with zero attached hydrogens (tertiary/aromatic N) is 6. The number of halogens is 1. The first-order chi connectivity index (χ1) is 13.5. The van der Waals surface area contributed by atoms with Crippen LogP contribution < -0.4 is 5.32 Å². The number of piperidine rings is 1. The van der Waals surface area contributed by atoms with Gasteiger partial charge in [-0.25, -0.2) is 9.37 Å². The topological polar surface area (TPSA) is 88.8 Å². The monoisotopic (exact) mass is 383 g/mol. The van der Waals surface area contributed by atoms with E-state index in [9.17, 15) is 4.79 Å². The number of likely N-dealkylation sites (tertiary alicyclic amines) is 1. The minimum atomic E-state index is -1.86. The van der Waals surface area contributed by atoms with E-state index in [0.717, 1.165) is 17.5 Å². The van der Waals surface area contributed by atoms with E-state index >= 15 is 4.39 Å². The van der Waals surface area contributed by atoms with Gasteiger partial charge in [0, 0.05) is 50.1 Å². The molecule has 1 aliphatic heterocycles. The highest BCUT2D eigenvalue weighted by Crippen LogP contribution is 2.28. The number of pyridine rings is 2. The number of hydrogen-bond donors (Lipinski definition) is 1. The molecule has 8 nitrogen and oxygen atoms in total. The lowest BCUT2D eigenvalue weighted by atomic mass is 9.92. The number of alkyl halides is 1. The lowest BCUT2D eigenvalue weighted by molar-refractivity contribution is -0.130. The van der Waals surface area contributed by atoms with E-state index in [1.54, 1.807) is 36.4 Å². The molecule has 0 saturated carbocycles. The molecule has 0 unspecified atom stereocenters. The highest BCUT2D eigenvalue weighted by atomic mass is 19.1. The molecular weight excluding hydrogens is 361 g/mol. The van der Waals surface area contributed by atoms with Gasteiger partial charge in [0.05, 0.1) is 17.9 Å². The Balaban J connectivity index is 1.54. The molecule has 4 rings (SSSR count). The Morgan fingerprint density at radius 2 is 2.04 bits per heavy atom. The van der Waals surface area contributed by atoms with Crippen molar-refractivity contribution in [3.8, 4) is 11.3 Å². The SMILES string of the molecule is CCN1CCC(F)(C(=O)Nc2cc3cc(-c4cn(C)nn4)cnc3cn2)CC1. The van der Waals surface area contributed by atoms with E-state index in [-0.39, 0.29) is 12.8 Å². The van der Waals surface area contributed by atoms with E-state index in [1.807, 2.05) is 13.0 Å². The van der Waals surface area contributed by atoms with Crippen molar-refractivity contribution >= 4 is 22.6 Å². The third-order valence-electron chi connectivity index (χ3n) is 5.21. The predicted octanol–water partition coefficient (Wildman–Crippen LogP) is 2.19. The van der Waals surface area contributed by atoms with Gasteiger partial charge in [-0.05, 0) is 18.7 Å². The summed E-state index contributed by atoms with van der Waals surface area (Å²) in [6.07, 6.45) is 5.44. The Kier molecular flexibility index (Phi) is 4.76. The maximum absolute atomic E-state index is 15.1. The molecule has 1 saturated heterocycles. The van der Waals surface area contributed by atoms with Crippen LogP contribution in [0.4, 0.5) is 10.2 Å². The fourth-order valence-electron chi connectivity index (χ4n) is 3.40. The van der Waals surface area contributed by atoms with E-state index in [0.29, 0.717) is 30.1 Å². The molecular formula is C19H22FN7O. The molecule has 9 heteroatoms. The van der Waals surface area contributed by atoms with Gasteiger partial charge in [0.2, 0.25) is 0 Å². The van der Waals surface area contributed by atoms with Gasteiger partial charge in [0.25, 0.3) is 5.91 Å². The molecule has 0 radical (unpaired) electrons. The summed E-state index contributed by atoms with van der Waals surface area (Å²) in [5, 5.41) is 11.4. The zero-order valence-corrected chi connectivity index (χ0v) is 15.9. The second kappa shape index (κ2) is 7.23. The number of carbonyl (C=O) groups is 1. The minimum absolute atomic E-state index is 0.193. The summed E-state index contributed by atoms with van der Waals surface area (Å²) >= 11 is 0. The zero-order chi connectivity index (χ0) is 19.7. The molecule has 3 aromatic rings. The van der Waals surface area contributed by atoms with E-state index in [2.05, 4.69) is 30.5 Å². The number of rotatable bonds is 4. The summed E-state index contributed by atoms with van der Waals surface area (Å²) in [5.74, 6) is -0.321. The summed E-state index contributed by atoms with van der Waals surface area (Å²) in [6, 6.07) is 3.60. The second-order valence-corrected chi connectivity index (χ2v) is 7.12. The van der Waals surface area contributed by atoms with Crippen molar-refractivity contribution < 1.29 is 9.18 Å². The van der Waals surface area contributed by atoms with Gasteiger partial charge in [0.1, 0.15) is 11.5 Å². The lowest BCUT2D eigenvalue weighted by Crippen LogP contribution is -2.48. The zero-order valence-electron chi connectivity index (χ0n) is 15.9. The van der Waals surface area contributed by atoms with Crippen LogP contribution in [0, 0.1) is 0 Å². The third kappa shape index (κ3) is 3.57. The van der Waals surface area contributed by atoms with Crippen LogP contribution in [0.1, 0.15) is 19.8 Å². The molecule has 0 atom stereocenters.